The molecule has 9 nitrogen and oxygen atoms in total. The Labute approximate surface area is 610 Å². The molecule has 2 atom stereocenters. The first-order valence-corrected chi connectivity index (χ1v) is 42.5. The van der Waals surface area contributed by atoms with Gasteiger partial charge in [0.25, 0.3) is 0 Å². The number of nitrogens with two attached hydrogens (primary N) is 1. The fourth-order valence-electron chi connectivity index (χ4n) is 11.4. The van der Waals surface area contributed by atoms with Crippen LogP contribution in [-0.2, 0) is 32.7 Å². The van der Waals surface area contributed by atoms with Gasteiger partial charge in [-0.1, -0.05) is 384 Å². The lowest BCUT2D eigenvalue weighted by atomic mass is 10.0. The number of rotatable bonds is 76. The molecule has 10 heteroatoms. The summed E-state index contributed by atoms with van der Waals surface area (Å²) < 4.78 is 33.3. The van der Waals surface area contributed by atoms with Crippen molar-refractivity contribution in [3.8, 4) is 0 Å². The number of hydrogen-bond acceptors (Lipinski definition) is 8. The number of unbranched alkanes of at least 4 members (excludes halogenated alkanes) is 37. The van der Waals surface area contributed by atoms with Crippen LogP contribution >= 0.6 is 7.82 Å². The molecule has 0 aliphatic carbocycles. The summed E-state index contributed by atoms with van der Waals surface area (Å²) in [5.74, 6) is -0.822. The molecule has 0 saturated heterocycles. The molecule has 0 amide bonds. The van der Waals surface area contributed by atoms with Crippen molar-refractivity contribution in [1.29, 1.82) is 0 Å². The Morgan fingerprint density at radius 1 is 0.303 bits per heavy atom. The van der Waals surface area contributed by atoms with Crippen molar-refractivity contribution in [3.63, 3.8) is 0 Å². The van der Waals surface area contributed by atoms with Gasteiger partial charge in [-0.25, -0.2) is 4.57 Å². The third kappa shape index (κ3) is 82.5. The number of allylic oxidation sites excluding steroid dienone is 26. The third-order valence-corrected chi connectivity index (χ3v) is 18.4. The minimum Gasteiger partial charge on any atom is -0.462 e. The van der Waals surface area contributed by atoms with E-state index in [1.807, 2.05) is 0 Å². The Morgan fingerprint density at radius 2 is 0.525 bits per heavy atom. The monoisotopic (exact) mass is 1390 g/mol. The second-order valence-corrected chi connectivity index (χ2v) is 28.3. The maximum Gasteiger partial charge on any atom is 0.472 e. The van der Waals surface area contributed by atoms with E-state index in [1.165, 1.54) is 205 Å². The van der Waals surface area contributed by atoms with Gasteiger partial charge in [-0.15, -0.1) is 0 Å². The lowest BCUT2D eigenvalue weighted by Crippen LogP contribution is -2.29. The van der Waals surface area contributed by atoms with Gasteiger partial charge in [0.15, 0.2) is 6.10 Å². The number of hydrogen-bond donors (Lipinski definition) is 2. The first-order chi connectivity index (χ1) is 48.8. The van der Waals surface area contributed by atoms with E-state index in [-0.39, 0.29) is 38.6 Å². The van der Waals surface area contributed by atoms with Crippen LogP contribution in [0.5, 0.6) is 0 Å². The largest absolute Gasteiger partial charge is 0.472 e. The number of esters is 2. The van der Waals surface area contributed by atoms with Crippen LogP contribution in [0.15, 0.2) is 158 Å². The average molecular weight is 1400 g/mol. The summed E-state index contributed by atoms with van der Waals surface area (Å²) >= 11 is 0. The molecular weight excluding hydrogens is 1240 g/mol. The van der Waals surface area contributed by atoms with Crippen molar-refractivity contribution in [3.05, 3.63) is 158 Å². The second-order valence-electron chi connectivity index (χ2n) is 26.9. The average Bonchev–Trinajstić information content (AvgIpc) is 1.64. The summed E-state index contributed by atoms with van der Waals surface area (Å²) in [6.07, 6.45) is 121. The van der Waals surface area contributed by atoms with Crippen LogP contribution in [0.25, 0.3) is 0 Å². The van der Waals surface area contributed by atoms with Gasteiger partial charge in [-0.3, -0.25) is 18.6 Å². The zero-order chi connectivity index (χ0) is 71.5. The number of phosphoric acid groups is 1. The van der Waals surface area contributed by atoms with Crippen molar-refractivity contribution >= 4 is 19.8 Å². The molecule has 0 aliphatic heterocycles. The van der Waals surface area contributed by atoms with E-state index < -0.39 is 26.5 Å². The zero-order valence-corrected chi connectivity index (χ0v) is 64.8. The summed E-state index contributed by atoms with van der Waals surface area (Å²) in [5.41, 5.74) is 5.42. The predicted molar refractivity (Wildman–Crippen MR) is 431 cm³/mol. The maximum absolute atomic E-state index is 12.8. The molecule has 2 unspecified atom stereocenters. The smallest absolute Gasteiger partial charge is 0.462 e. The lowest BCUT2D eigenvalue weighted by molar-refractivity contribution is -0.161. The Balaban J connectivity index is 3.82. The van der Waals surface area contributed by atoms with Crippen LogP contribution in [0.2, 0.25) is 0 Å². The molecule has 0 aromatic heterocycles. The highest BCUT2D eigenvalue weighted by Gasteiger charge is 2.26. The summed E-state index contributed by atoms with van der Waals surface area (Å²) in [5, 5.41) is 0. The highest BCUT2D eigenvalue weighted by Crippen LogP contribution is 2.43. The van der Waals surface area contributed by atoms with E-state index in [1.54, 1.807) is 0 Å². The first-order valence-electron chi connectivity index (χ1n) is 41.0. The van der Waals surface area contributed by atoms with Gasteiger partial charge in [-0.05, 0) is 122 Å². The van der Waals surface area contributed by atoms with Gasteiger partial charge in [0.1, 0.15) is 6.61 Å². The molecule has 3 N–H and O–H groups in total. The summed E-state index contributed by atoms with van der Waals surface area (Å²) in [6, 6.07) is 0. The standard InChI is InChI=1S/C89H152NO8P/c1-3-5-7-9-11-13-15-17-19-21-23-25-27-29-31-33-35-37-39-41-42-43-44-46-47-49-51-53-55-57-59-61-63-65-67-69-71-73-75-77-79-81-88(91)95-85-87(86-97-99(93,94)96-84-83-90)98-89(92)82-80-78-76-74-72-70-68-66-64-62-60-58-56-54-52-50-48-45-40-38-36-34-32-30-28-26-24-22-20-18-16-14-12-10-8-6-4-2/h5-8,11-14,17-20,23-26,29-32,36,38,45,48,52,54,87H,3-4,9-10,15-16,21-22,27-28,33-35,37,39-44,46-47,49-51,53,55-86,90H2,1-2H3,(H,93,94)/b7-5-,8-6-,13-11-,14-12-,19-17-,20-18-,25-23-,26-24-,31-29-,32-30-,38-36-,48-45-,54-52-. The molecule has 0 aromatic rings. The van der Waals surface area contributed by atoms with E-state index in [0.29, 0.717) is 6.42 Å². The molecule has 0 rings (SSSR count). The molecule has 0 fully saturated rings. The Bertz CT molecular complexity index is 2190. The minimum absolute atomic E-state index is 0.0491. The molecule has 0 bridgehead atoms. The molecule has 0 aromatic carbocycles. The van der Waals surface area contributed by atoms with Crippen LogP contribution in [0, 0.1) is 0 Å². The van der Waals surface area contributed by atoms with Gasteiger partial charge >= 0.3 is 19.8 Å². The molecule has 566 valence electrons. The fraction of sp³-hybridized carbons (Fsp3) is 0.685. The van der Waals surface area contributed by atoms with Crippen molar-refractivity contribution in [2.75, 3.05) is 26.4 Å². The number of carbonyl (C=O) groups excluding carboxylic acids is 2. The Morgan fingerprint density at radius 3 is 0.778 bits per heavy atom. The molecule has 99 heavy (non-hydrogen) atoms. The summed E-state index contributed by atoms with van der Waals surface area (Å²) in [4.78, 5) is 35.5. The van der Waals surface area contributed by atoms with E-state index in [2.05, 4.69) is 172 Å². The van der Waals surface area contributed by atoms with Crippen LogP contribution in [0.1, 0.15) is 361 Å². The first kappa shape index (κ1) is 94.6. The minimum atomic E-state index is -4.41. The van der Waals surface area contributed by atoms with Gasteiger partial charge in [0.2, 0.25) is 0 Å². The van der Waals surface area contributed by atoms with Crippen LogP contribution in [0.4, 0.5) is 0 Å². The van der Waals surface area contributed by atoms with E-state index in [9.17, 15) is 19.0 Å². The van der Waals surface area contributed by atoms with Crippen molar-refractivity contribution in [1.82, 2.24) is 0 Å². The summed E-state index contributed by atoms with van der Waals surface area (Å²) in [6.45, 7) is 3.54. The molecule has 0 spiro atoms. The van der Waals surface area contributed by atoms with Gasteiger partial charge in [0.05, 0.1) is 13.2 Å². The van der Waals surface area contributed by atoms with Crippen molar-refractivity contribution in [2.24, 2.45) is 5.73 Å². The quantitative estimate of drug-likeness (QED) is 0.0264. The molecule has 0 heterocycles. The topological polar surface area (TPSA) is 134 Å². The Kier molecular flexibility index (Phi) is 78.9. The van der Waals surface area contributed by atoms with Gasteiger partial charge < -0.3 is 20.1 Å². The second kappa shape index (κ2) is 82.6. The fourth-order valence-corrected chi connectivity index (χ4v) is 12.2. The van der Waals surface area contributed by atoms with E-state index >= 15 is 0 Å². The van der Waals surface area contributed by atoms with E-state index in [4.69, 9.17) is 24.3 Å². The SMILES string of the molecule is CC/C=C\C/C=C\C/C=C\C/C=C\C/C=C\C/C=C\C/C=C\C/C=C\CCCCCCCCCCCCCCC(=O)OC(COC(=O)CCCCCCCCCCCCCCCCCCCCCCCCCCC/C=C\C/C=C\C/C=C\C/C=C\C/C=C\CC)COP(=O)(O)OCCN. The number of carbonyl (C=O) groups is 2. The number of phosphoric ester groups is 1. The highest BCUT2D eigenvalue weighted by atomic mass is 31.2. The zero-order valence-electron chi connectivity index (χ0n) is 63.9. The van der Waals surface area contributed by atoms with Crippen molar-refractivity contribution in [2.45, 2.75) is 367 Å². The predicted octanol–water partition coefficient (Wildman–Crippen LogP) is 27.9. The van der Waals surface area contributed by atoms with Crippen LogP contribution < -0.4 is 5.73 Å². The molecule has 0 aliphatic rings. The molecule has 0 saturated carbocycles. The van der Waals surface area contributed by atoms with Gasteiger partial charge in [0, 0.05) is 19.4 Å². The van der Waals surface area contributed by atoms with Gasteiger partial charge in [-0.2, -0.15) is 0 Å². The third-order valence-electron chi connectivity index (χ3n) is 17.4. The number of ether oxygens (including phenoxy) is 2. The molecule has 0 radical (unpaired) electrons. The molecular formula is C89H152NO8P. The highest BCUT2D eigenvalue weighted by molar-refractivity contribution is 7.47. The Hall–Kier alpha value is -4.37. The van der Waals surface area contributed by atoms with Crippen LogP contribution in [0.3, 0.4) is 0 Å². The van der Waals surface area contributed by atoms with Crippen LogP contribution in [-0.4, -0.2) is 49.3 Å². The lowest BCUT2D eigenvalue weighted by Gasteiger charge is -2.19. The normalized spacial score (nSPS) is 13.7. The van der Waals surface area contributed by atoms with E-state index in [0.717, 1.165) is 122 Å². The maximum atomic E-state index is 12.8. The van der Waals surface area contributed by atoms with Crippen molar-refractivity contribution < 1.29 is 37.6 Å². The summed E-state index contributed by atoms with van der Waals surface area (Å²) in [7, 11) is -4.41.